The van der Waals surface area contributed by atoms with Crippen LogP contribution in [0.1, 0.15) is 16.8 Å². The number of halogens is 2. The summed E-state index contributed by atoms with van der Waals surface area (Å²) in [5.74, 6) is -3.07. The van der Waals surface area contributed by atoms with Gasteiger partial charge >= 0.3 is 0 Å². The minimum Gasteiger partial charge on any atom is -0.463 e. The molecule has 174 valence electrons. The molecular formula is C22H19F2N7O3. The van der Waals surface area contributed by atoms with Crippen molar-refractivity contribution in [1.82, 2.24) is 35.0 Å². The Morgan fingerprint density at radius 2 is 2.06 bits per heavy atom. The van der Waals surface area contributed by atoms with Gasteiger partial charge in [-0.2, -0.15) is 5.10 Å². The monoisotopic (exact) mass is 467 g/mol. The van der Waals surface area contributed by atoms with E-state index in [1.54, 1.807) is 30.2 Å². The largest absolute Gasteiger partial charge is 0.463 e. The van der Waals surface area contributed by atoms with Gasteiger partial charge in [0.15, 0.2) is 23.4 Å². The van der Waals surface area contributed by atoms with Gasteiger partial charge in [0, 0.05) is 49.9 Å². The molecule has 10 nitrogen and oxygen atoms in total. The number of hydrogen-bond donors (Lipinski definition) is 2. The smallest absolute Gasteiger partial charge is 0.261 e. The van der Waals surface area contributed by atoms with Crippen molar-refractivity contribution in [2.24, 2.45) is 7.05 Å². The average molecular weight is 467 g/mol. The number of nitrogens with one attached hydrogen (secondary N) is 2. The van der Waals surface area contributed by atoms with Gasteiger partial charge in [0.05, 0.1) is 23.7 Å². The summed E-state index contributed by atoms with van der Waals surface area (Å²) in [6.07, 6.45) is 4.39. The van der Waals surface area contributed by atoms with Crippen molar-refractivity contribution < 1.29 is 23.1 Å². The van der Waals surface area contributed by atoms with Gasteiger partial charge in [-0.05, 0) is 18.2 Å². The number of ether oxygens (including phenoxy) is 1. The molecule has 1 aromatic carbocycles. The first-order chi connectivity index (χ1) is 16.4. The Labute approximate surface area is 191 Å². The van der Waals surface area contributed by atoms with Gasteiger partial charge in [-0.3, -0.25) is 14.3 Å². The van der Waals surface area contributed by atoms with Crippen molar-refractivity contribution in [3.63, 3.8) is 0 Å². The van der Waals surface area contributed by atoms with Crippen LogP contribution < -0.4 is 15.4 Å². The summed E-state index contributed by atoms with van der Waals surface area (Å²) >= 11 is 0. The lowest BCUT2D eigenvalue weighted by atomic mass is 10.1. The van der Waals surface area contributed by atoms with Crippen molar-refractivity contribution in [2.75, 3.05) is 13.6 Å². The van der Waals surface area contributed by atoms with Gasteiger partial charge in [0.1, 0.15) is 0 Å². The second-order valence-corrected chi connectivity index (χ2v) is 7.76. The van der Waals surface area contributed by atoms with Crippen LogP contribution in [0.3, 0.4) is 0 Å². The minimum absolute atomic E-state index is 0.0579. The molecule has 1 saturated heterocycles. The van der Waals surface area contributed by atoms with E-state index in [1.807, 2.05) is 0 Å². The first-order valence-corrected chi connectivity index (χ1v) is 10.4. The summed E-state index contributed by atoms with van der Waals surface area (Å²) in [5.41, 5.74) is 1.38. The van der Waals surface area contributed by atoms with E-state index in [0.717, 1.165) is 6.07 Å². The van der Waals surface area contributed by atoms with Gasteiger partial charge in [0.25, 0.3) is 11.8 Å². The maximum Gasteiger partial charge on any atom is 0.261 e. The molecule has 1 aliphatic rings. The number of imidazole rings is 1. The fourth-order valence-corrected chi connectivity index (χ4v) is 3.81. The molecule has 5 rings (SSSR count). The summed E-state index contributed by atoms with van der Waals surface area (Å²) in [6.45, 7) is 0.473. The highest BCUT2D eigenvalue weighted by Gasteiger charge is 2.29. The molecule has 0 spiro atoms. The molecule has 4 aromatic rings. The van der Waals surface area contributed by atoms with Gasteiger partial charge in [-0.1, -0.05) is 0 Å². The van der Waals surface area contributed by atoms with E-state index in [1.165, 1.54) is 23.8 Å². The van der Waals surface area contributed by atoms with Crippen molar-refractivity contribution in [3.8, 4) is 28.3 Å². The quantitative estimate of drug-likeness (QED) is 0.462. The SMILES string of the molecule is CNC(=O)c1cc(F)c(F)c(-c2cnc3cc(-c4cnn(C)c4)c(OC4CCNC4=O)nn23)c1. The highest BCUT2D eigenvalue weighted by atomic mass is 19.2. The topological polar surface area (TPSA) is 115 Å². The standard InChI is InChI=1S/C22H19F2N7O3/c1-25-20(32)11-5-14(19(24)15(23)6-11)16-9-27-18-7-13(12-8-28-30(2)10-12)22(29-31(16)18)34-17-3-4-26-21(17)33/h5-10,17H,3-4H2,1-2H3,(H,25,32)(H,26,33). The van der Waals surface area contributed by atoms with Crippen LogP contribution in [0, 0.1) is 11.6 Å². The fraction of sp³-hybridized carbons (Fsp3) is 0.227. The van der Waals surface area contributed by atoms with Crippen molar-refractivity contribution in [2.45, 2.75) is 12.5 Å². The van der Waals surface area contributed by atoms with Crippen LogP contribution in [-0.2, 0) is 11.8 Å². The molecule has 2 N–H and O–H groups in total. The zero-order valence-corrected chi connectivity index (χ0v) is 18.2. The molecule has 0 aliphatic carbocycles. The second kappa shape index (κ2) is 8.21. The van der Waals surface area contributed by atoms with E-state index in [2.05, 4.69) is 25.8 Å². The van der Waals surface area contributed by atoms with E-state index >= 15 is 0 Å². The number of fused-ring (bicyclic) bond motifs is 1. The highest BCUT2D eigenvalue weighted by Crippen LogP contribution is 2.33. The number of benzene rings is 1. The molecule has 1 unspecified atom stereocenters. The second-order valence-electron chi connectivity index (χ2n) is 7.76. The average Bonchev–Trinajstić information content (AvgIpc) is 3.55. The Kier molecular flexibility index (Phi) is 5.19. The normalized spacial score (nSPS) is 15.5. The van der Waals surface area contributed by atoms with Crippen molar-refractivity contribution in [3.05, 3.63) is 54.0 Å². The summed E-state index contributed by atoms with van der Waals surface area (Å²) in [4.78, 5) is 28.4. The van der Waals surface area contributed by atoms with Crippen molar-refractivity contribution in [1.29, 1.82) is 0 Å². The number of aryl methyl sites for hydroxylation is 1. The van der Waals surface area contributed by atoms with Gasteiger partial charge in [-0.15, -0.1) is 5.10 Å². The Balaban J connectivity index is 1.69. The number of carbonyl (C=O) groups excluding carboxylic acids is 2. The molecule has 3 aromatic heterocycles. The maximum absolute atomic E-state index is 14.8. The third kappa shape index (κ3) is 3.62. The molecule has 1 fully saturated rings. The molecule has 0 bridgehead atoms. The van der Waals surface area contributed by atoms with E-state index in [-0.39, 0.29) is 28.6 Å². The van der Waals surface area contributed by atoms with Gasteiger partial charge in [-0.25, -0.2) is 18.3 Å². The molecule has 34 heavy (non-hydrogen) atoms. The lowest BCUT2D eigenvalue weighted by Crippen LogP contribution is -2.28. The first kappa shape index (κ1) is 21.5. The predicted molar refractivity (Wildman–Crippen MR) is 116 cm³/mol. The van der Waals surface area contributed by atoms with Crippen LogP contribution >= 0.6 is 0 Å². The Morgan fingerprint density at radius 1 is 1.24 bits per heavy atom. The van der Waals surface area contributed by atoms with E-state index in [9.17, 15) is 18.4 Å². The lowest BCUT2D eigenvalue weighted by Gasteiger charge is -2.14. The molecule has 0 radical (unpaired) electrons. The Bertz CT molecular complexity index is 1450. The zero-order valence-electron chi connectivity index (χ0n) is 18.2. The highest BCUT2D eigenvalue weighted by molar-refractivity contribution is 5.95. The van der Waals surface area contributed by atoms with E-state index in [0.29, 0.717) is 29.7 Å². The molecule has 0 saturated carbocycles. The summed E-state index contributed by atoms with van der Waals surface area (Å²) in [5, 5.41) is 13.7. The molecule has 1 aliphatic heterocycles. The predicted octanol–water partition coefficient (Wildman–Crippen LogP) is 1.70. The number of amides is 2. The maximum atomic E-state index is 14.8. The zero-order chi connectivity index (χ0) is 24.0. The number of aromatic nitrogens is 5. The molecule has 4 heterocycles. The third-order valence-corrected chi connectivity index (χ3v) is 5.52. The van der Waals surface area contributed by atoms with Crippen LogP contribution in [0.25, 0.3) is 28.0 Å². The summed E-state index contributed by atoms with van der Waals surface area (Å²) in [7, 11) is 3.15. The summed E-state index contributed by atoms with van der Waals surface area (Å²) in [6, 6.07) is 3.71. The van der Waals surface area contributed by atoms with Crippen LogP contribution in [-0.4, -0.2) is 55.9 Å². The number of rotatable bonds is 5. The fourth-order valence-electron chi connectivity index (χ4n) is 3.81. The van der Waals surface area contributed by atoms with E-state index in [4.69, 9.17) is 4.74 Å². The number of nitrogens with zero attached hydrogens (tertiary/aromatic N) is 5. The number of hydrogen-bond acceptors (Lipinski definition) is 6. The summed E-state index contributed by atoms with van der Waals surface area (Å²) < 4.78 is 38.0. The van der Waals surface area contributed by atoms with Gasteiger partial charge in [0.2, 0.25) is 5.88 Å². The van der Waals surface area contributed by atoms with Crippen LogP contribution in [0.5, 0.6) is 5.88 Å². The molecule has 1 atom stereocenters. The van der Waals surface area contributed by atoms with E-state index < -0.39 is 23.6 Å². The molecular weight excluding hydrogens is 448 g/mol. The number of carbonyl (C=O) groups is 2. The van der Waals surface area contributed by atoms with Gasteiger partial charge < -0.3 is 15.4 Å². The molecule has 12 heteroatoms. The molecule has 2 amide bonds. The Morgan fingerprint density at radius 3 is 2.74 bits per heavy atom. The first-order valence-electron chi connectivity index (χ1n) is 10.4. The van der Waals surface area contributed by atoms with Crippen molar-refractivity contribution >= 4 is 17.5 Å². The Hall–Kier alpha value is -4.35. The third-order valence-electron chi connectivity index (χ3n) is 5.52. The van der Waals surface area contributed by atoms with Crippen LogP contribution in [0.15, 0.2) is 36.8 Å². The minimum atomic E-state index is -1.18. The van der Waals surface area contributed by atoms with Crippen LogP contribution in [0.2, 0.25) is 0 Å². The van der Waals surface area contributed by atoms with Crippen LogP contribution in [0.4, 0.5) is 8.78 Å². The lowest BCUT2D eigenvalue weighted by molar-refractivity contribution is -0.125.